The molecule has 31 nitrogen and oxygen atoms in total. The number of alkyl carbamates (subject to hydrolysis) is 1. The Morgan fingerprint density at radius 2 is 0.684 bits per heavy atom. The van der Waals surface area contributed by atoms with Crippen molar-refractivity contribution in [3.63, 3.8) is 0 Å². The van der Waals surface area contributed by atoms with Gasteiger partial charge in [0.05, 0.1) is 23.3 Å². The van der Waals surface area contributed by atoms with Gasteiger partial charge in [-0.2, -0.15) is 39.5 Å². The molecule has 6 aliphatic rings. The lowest BCUT2D eigenvalue weighted by Crippen LogP contribution is -2.62. The SMILES string of the molecule is CCC(C)[C@@H]1NC(=O)[C@@H](Cc2ccc(C(F)(F)F)cc2)NC(=O)[C@H](CCCCN)NC(=O)[C@H]2CCCN2C1=O.CCC(C)[C@@H]1NC(=O)[C@@H](Cc2ccc(C(F)(F)F)cc2)NC(=O)[C@H](CCCCNC(=O)COCc2ccc(F)cc2)NC(=O)[C@H]2CCCN2C1=O.CCC(C)[C@@H]1NC(=O)[C@@H](Cc2ccc(C(F)(F)F)cc2)NC(=O)[C@H](CCCCNC(=O)OC(C)(C)C)NC(=O)[C@H]2CCCN2C1=O. The van der Waals surface area contributed by atoms with Gasteiger partial charge in [0.15, 0.2) is 0 Å². The van der Waals surface area contributed by atoms with Gasteiger partial charge in [-0.1, -0.05) is 109 Å². The second-order valence-corrected chi connectivity index (χ2v) is 36.4. The predicted octanol–water partition coefficient (Wildman–Crippen LogP) is 8.73. The summed E-state index contributed by atoms with van der Waals surface area (Å²) in [5.41, 5.74) is 4.19. The molecule has 136 heavy (non-hydrogen) atoms. The van der Waals surface area contributed by atoms with Crippen molar-refractivity contribution in [2.45, 2.75) is 300 Å². The molecule has 6 saturated heterocycles. The van der Waals surface area contributed by atoms with Crippen LogP contribution in [0, 0.1) is 23.6 Å². The fourth-order valence-corrected chi connectivity index (χ4v) is 16.6. The maximum Gasteiger partial charge on any atom is 0.416 e. The number of halogens is 10. The van der Waals surface area contributed by atoms with E-state index in [2.05, 4.69) is 58.5 Å². The van der Waals surface area contributed by atoms with E-state index in [1.807, 2.05) is 27.7 Å². The maximum atomic E-state index is 13.8. The number of hydrogen-bond acceptors (Lipinski definition) is 17. The molecule has 4 aromatic rings. The number of nitrogens with zero attached hydrogens (tertiary/aromatic N) is 3. The molecule has 13 N–H and O–H groups in total. The maximum absolute atomic E-state index is 13.8. The first-order valence-electron chi connectivity index (χ1n) is 46.6. The van der Waals surface area contributed by atoms with Crippen LogP contribution in [-0.2, 0) is 116 Å². The Hall–Kier alpha value is -11.5. The van der Waals surface area contributed by atoms with Crippen molar-refractivity contribution in [1.29, 1.82) is 0 Å². The van der Waals surface area contributed by atoms with Crippen molar-refractivity contribution in [1.82, 2.24) is 73.2 Å². The van der Waals surface area contributed by atoms with Gasteiger partial charge in [-0.25, -0.2) is 9.18 Å². The van der Waals surface area contributed by atoms with E-state index in [9.17, 15) is 111 Å². The number of ether oxygens (including phenoxy) is 2. The quantitative estimate of drug-likeness (QED) is 0.0171. The molecular formula is C95H129F10N15O16. The van der Waals surface area contributed by atoms with Crippen LogP contribution < -0.4 is 64.2 Å². The lowest BCUT2D eigenvalue weighted by atomic mass is 9.95. The zero-order chi connectivity index (χ0) is 100. The summed E-state index contributed by atoms with van der Waals surface area (Å²) in [7, 11) is 0. The molecule has 6 fully saturated rings. The topological polar surface area (TPSA) is 426 Å². The summed E-state index contributed by atoms with van der Waals surface area (Å²) in [4.78, 5) is 192. The minimum Gasteiger partial charge on any atom is -0.444 e. The smallest absolute Gasteiger partial charge is 0.416 e. The van der Waals surface area contributed by atoms with Crippen molar-refractivity contribution in [3.8, 4) is 0 Å². The predicted molar refractivity (Wildman–Crippen MR) is 479 cm³/mol. The molecule has 0 bridgehead atoms. The van der Waals surface area contributed by atoms with E-state index >= 15 is 0 Å². The minimum absolute atomic E-state index is 0.104. The second kappa shape index (κ2) is 51.1. The van der Waals surface area contributed by atoms with Crippen LogP contribution in [0.2, 0.25) is 0 Å². The lowest BCUT2D eigenvalue weighted by molar-refractivity contribution is -0.144. The van der Waals surface area contributed by atoms with E-state index in [1.54, 1.807) is 46.8 Å². The van der Waals surface area contributed by atoms with Crippen LogP contribution in [-0.4, -0.2) is 222 Å². The number of carbonyl (C=O) groups is 14. The summed E-state index contributed by atoms with van der Waals surface area (Å²) in [6.07, 6.45) is -6.52. The highest BCUT2D eigenvalue weighted by atomic mass is 19.4. The highest BCUT2D eigenvalue weighted by molar-refractivity contribution is 6.01. The highest BCUT2D eigenvalue weighted by Gasteiger charge is 2.47. The van der Waals surface area contributed by atoms with Crippen LogP contribution in [0.3, 0.4) is 0 Å². The van der Waals surface area contributed by atoms with Gasteiger partial charge in [0.1, 0.15) is 90.5 Å². The Morgan fingerprint density at radius 1 is 0.397 bits per heavy atom. The summed E-state index contributed by atoms with van der Waals surface area (Å²) < 4.78 is 142. The number of benzene rings is 4. The third-order valence-corrected chi connectivity index (χ3v) is 25.0. The number of unbranched alkanes of at least 4 members (excludes halogenated alkanes) is 3. The standard InChI is InChI=1S/C36H45F4N5O6.C32H46F3N5O6.C27H38F3N5O4/c1-3-22(2)31-35(50)45-18-6-8-29(45)34(49)42-27(7-4-5-17-41-30(46)21-51-20-24-11-15-26(37)16-12-24)32(47)43-28(33(48)44-31)19-23-9-13-25(14-10-23)36(38,39)40;1-6-19(2)25-29(44)40-17-9-11-24(40)28(43)37-22(10-7-8-16-36-30(45)46-31(3,4)5)26(41)38-23(27(42)39-25)18-20-12-14-21(15-13-20)32(33,34)35;1-3-16(2)22-26(39)35-14-6-8-21(35)25(38)32-19(7-4-5-13-31)23(36)33-20(24(37)34-22)15-17-9-11-18(12-10-17)27(28,29)30/h9-16,22,27-29,31H,3-8,17-21H2,1-2H3,(H,41,46)(H,42,49)(H,43,47)(H,44,48);12-15,19,22-25H,6-11,16-18H2,1-5H3,(H,36,45)(H,37,43)(H,38,41)(H,39,42);9-12,16,19-22H,3-8,13-15,31H2,1-2H3,(H,32,38)(H,33,36)(H,34,37)/t22?,27-,28+,29+,31-;19?,22-,23+,24+,25-;16?,19-,20+,21+,22-/m000/s1. The van der Waals surface area contributed by atoms with Crippen molar-refractivity contribution in [2.24, 2.45) is 23.5 Å². The number of carbonyl (C=O) groups excluding carboxylic acids is 14. The summed E-state index contributed by atoms with van der Waals surface area (Å²) in [6, 6.07) is 6.48. The Balaban J connectivity index is 0.000000253. The van der Waals surface area contributed by atoms with Crippen molar-refractivity contribution in [3.05, 3.63) is 142 Å². The molecule has 0 saturated carbocycles. The number of nitrogens with two attached hydrogens (primary N) is 1. The lowest BCUT2D eigenvalue weighted by Gasteiger charge is -2.34. The first kappa shape index (κ1) is 110. The highest BCUT2D eigenvalue weighted by Crippen LogP contribution is 2.34. The van der Waals surface area contributed by atoms with Gasteiger partial charge in [-0.15, -0.1) is 0 Å². The molecule has 41 heteroatoms. The van der Waals surface area contributed by atoms with Gasteiger partial charge in [-0.3, -0.25) is 62.3 Å². The zero-order valence-corrected chi connectivity index (χ0v) is 78.1. The molecule has 750 valence electrons. The Bertz CT molecular complexity index is 4720. The van der Waals surface area contributed by atoms with Crippen LogP contribution in [0.15, 0.2) is 97.1 Å². The zero-order valence-electron chi connectivity index (χ0n) is 78.1. The van der Waals surface area contributed by atoms with Gasteiger partial charge in [0, 0.05) is 52.0 Å². The van der Waals surface area contributed by atoms with Gasteiger partial charge < -0.3 is 88.4 Å². The Kier molecular flexibility index (Phi) is 41.2. The van der Waals surface area contributed by atoms with Crippen LogP contribution in [0.5, 0.6) is 0 Å². The summed E-state index contributed by atoms with van der Waals surface area (Å²) >= 11 is 0. The molecule has 14 amide bonds. The minimum atomic E-state index is -4.55. The van der Waals surface area contributed by atoms with Crippen LogP contribution in [0.25, 0.3) is 0 Å². The molecular weight excluding hydrogens is 1800 g/mol. The third-order valence-electron chi connectivity index (χ3n) is 25.0. The average molecular weight is 1930 g/mol. The van der Waals surface area contributed by atoms with Gasteiger partial charge >= 0.3 is 24.6 Å². The first-order valence-corrected chi connectivity index (χ1v) is 46.6. The largest absolute Gasteiger partial charge is 0.444 e. The fraction of sp³-hybridized carbons (Fsp3) is 0.600. The molecule has 0 aliphatic carbocycles. The van der Waals surface area contributed by atoms with E-state index in [1.165, 1.54) is 63.2 Å². The summed E-state index contributed by atoms with van der Waals surface area (Å²) in [5, 5.41) is 30.1. The molecule has 15 atom stereocenters. The fourth-order valence-electron chi connectivity index (χ4n) is 16.6. The normalized spacial score (nSPS) is 23.7. The van der Waals surface area contributed by atoms with Gasteiger partial charge in [0.25, 0.3) is 0 Å². The number of nitrogens with one attached hydrogen (secondary N) is 11. The molecule has 10 rings (SSSR count). The third kappa shape index (κ3) is 32.9. The van der Waals surface area contributed by atoms with E-state index in [4.69, 9.17) is 15.2 Å². The number of fused-ring (bicyclic) bond motifs is 3. The number of hydrogen-bond donors (Lipinski definition) is 12. The molecule has 3 unspecified atom stereocenters. The van der Waals surface area contributed by atoms with Crippen molar-refractivity contribution < 1.29 is 121 Å². The Morgan fingerprint density at radius 3 is 0.978 bits per heavy atom. The van der Waals surface area contributed by atoms with E-state index in [0.717, 1.165) is 36.4 Å². The van der Waals surface area contributed by atoms with Gasteiger partial charge in [0.2, 0.25) is 76.8 Å². The first-order chi connectivity index (χ1) is 64.2. The number of rotatable bonds is 30. The molecule has 6 heterocycles. The van der Waals surface area contributed by atoms with Crippen LogP contribution >= 0.6 is 0 Å². The Labute approximate surface area is 784 Å². The average Bonchev–Trinajstić information content (AvgIpc) is 1.59. The van der Waals surface area contributed by atoms with Crippen molar-refractivity contribution in [2.75, 3.05) is 45.9 Å². The molecule has 0 spiro atoms. The van der Waals surface area contributed by atoms with Crippen LogP contribution in [0.1, 0.15) is 217 Å². The van der Waals surface area contributed by atoms with E-state index in [-0.39, 0.29) is 100 Å². The van der Waals surface area contributed by atoms with Gasteiger partial charge in [-0.05, 0) is 212 Å². The monoisotopic (exact) mass is 1930 g/mol. The summed E-state index contributed by atoms with van der Waals surface area (Å²) in [6.45, 7) is 18.1. The molecule has 6 aliphatic heterocycles. The molecule has 4 aromatic carbocycles. The van der Waals surface area contributed by atoms with Crippen molar-refractivity contribution >= 4 is 82.9 Å². The number of amides is 14. The van der Waals surface area contributed by atoms with E-state index < -0.39 is 184 Å². The van der Waals surface area contributed by atoms with Crippen LogP contribution in [0.4, 0.5) is 48.7 Å². The number of alkyl halides is 9. The second-order valence-electron chi connectivity index (χ2n) is 36.4. The summed E-state index contributed by atoms with van der Waals surface area (Å²) in [5.74, 6) is -8.04. The molecule has 0 aromatic heterocycles. The van der Waals surface area contributed by atoms with E-state index in [0.29, 0.717) is 145 Å². The molecule has 0 radical (unpaired) electrons.